The lowest BCUT2D eigenvalue weighted by atomic mass is 9.90. The number of rotatable bonds is 4. The standard InChI is InChI=1S/C13H16N2OS/c1-2-17-13-5-3-4-12(11(13)8-14)16-10-6-9(15)7-10/h3-5,9-10H,2,6-7,15H2,1H3. The fourth-order valence-electron chi connectivity index (χ4n) is 1.88. The molecule has 1 aromatic rings. The van der Waals surface area contributed by atoms with Crippen LogP contribution in [0.5, 0.6) is 5.75 Å². The molecule has 1 fully saturated rings. The smallest absolute Gasteiger partial charge is 0.138 e. The normalized spacial score (nSPS) is 22.6. The second-order valence-corrected chi connectivity index (χ2v) is 5.45. The van der Waals surface area contributed by atoms with Crippen molar-refractivity contribution in [3.8, 4) is 11.8 Å². The van der Waals surface area contributed by atoms with E-state index in [0.29, 0.717) is 11.3 Å². The van der Waals surface area contributed by atoms with Gasteiger partial charge >= 0.3 is 0 Å². The number of benzene rings is 1. The first-order chi connectivity index (χ1) is 8.24. The van der Waals surface area contributed by atoms with Crippen molar-refractivity contribution in [1.29, 1.82) is 5.26 Å². The molecule has 3 nitrogen and oxygen atoms in total. The molecule has 0 amide bonds. The van der Waals surface area contributed by atoms with Crippen LogP contribution < -0.4 is 10.5 Å². The largest absolute Gasteiger partial charge is 0.489 e. The first-order valence-electron chi connectivity index (χ1n) is 5.82. The molecule has 0 unspecified atom stereocenters. The van der Waals surface area contributed by atoms with Crippen LogP contribution in [0, 0.1) is 11.3 Å². The van der Waals surface area contributed by atoms with Crippen LogP contribution in [0.3, 0.4) is 0 Å². The third kappa shape index (κ3) is 2.74. The molecule has 0 saturated heterocycles. The molecule has 4 heteroatoms. The van der Waals surface area contributed by atoms with E-state index in [1.54, 1.807) is 11.8 Å². The van der Waals surface area contributed by atoms with Crippen molar-refractivity contribution in [3.63, 3.8) is 0 Å². The predicted octanol–water partition coefficient (Wildman–Crippen LogP) is 2.54. The topological polar surface area (TPSA) is 59.0 Å². The number of ether oxygens (including phenoxy) is 1. The molecular weight excluding hydrogens is 232 g/mol. The van der Waals surface area contributed by atoms with Gasteiger partial charge in [-0.25, -0.2) is 0 Å². The van der Waals surface area contributed by atoms with Gasteiger partial charge in [-0.05, 0) is 30.7 Å². The summed E-state index contributed by atoms with van der Waals surface area (Å²) < 4.78 is 5.81. The van der Waals surface area contributed by atoms with Gasteiger partial charge in [0.25, 0.3) is 0 Å². The summed E-state index contributed by atoms with van der Waals surface area (Å²) in [6.07, 6.45) is 1.95. The van der Waals surface area contributed by atoms with Crippen molar-refractivity contribution in [2.24, 2.45) is 5.73 Å². The van der Waals surface area contributed by atoms with Crippen molar-refractivity contribution < 1.29 is 4.74 Å². The van der Waals surface area contributed by atoms with Crippen LogP contribution in [0.1, 0.15) is 25.3 Å². The lowest BCUT2D eigenvalue weighted by Crippen LogP contribution is -2.43. The van der Waals surface area contributed by atoms with Crippen LogP contribution in [0.25, 0.3) is 0 Å². The van der Waals surface area contributed by atoms with Crippen LogP contribution in [0.2, 0.25) is 0 Å². The van der Waals surface area contributed by atoms with Crippen molar-refractivity contribution in [2.75, 3.05) is 5.75 Å². The van der Waals surface area contributed by atoms with Crippen LogP contribution in [-0.2, 0) is 0 Å². The van der Waals surface area contributed by atoms with Gasteiger partial charge in [0.1, 0.15) is 23.5 Å². The quantitative estimate of drug-likeness (QED) is 0.832. The molecule has 0 atom stereocenters. The zero-order valence-corrected chi connectivity index (χ0v) is 10.7. The number of nitrogens with two attached hydrogens (primary N) is 1. The minimum Gasteiger partial charge on any atom is -0.489 e. The summed E-state index contributed by atoms with van der Waals surface area (Å²) >= 11 is 1.67. The van der Waals surface area contributed by atoms with Gasteiger partial charge in [0.15, 0.2) is 0 Å². The Kier molecular flexibility index (Phi) is 3.93. The SMILES string of the molecule is CCSc1cccc(OC2CC(N)C2)c1C#N. The molecule has 1 saturated carbocycles. The van der Waals surface area contributed by atoms with Gasteiger partial charge in [0.05, 0.1) is 0 Å². The second-order valence-electron chi connectivity index (χ2n) is 4.15. The molecule has 2 N–H and O–H groups in total. The lowest BCUT2D eigenvalue weighted by molar-refractivity contribution is 0.100. The molecule has 2 rings (SSSR count). The van der Waals surface area contributed by atoms with Crippen molar-refractivity contribution in [2.45, 2.75) is 36.8 Å². The van der Waals surface area contributed by atoms with Crippen molar-refractivity contribution >= 4 is 11.8 Å². The van der Waals surface area contributed by atoms with Gasteiger partial charge < -0.3 is 10.5 Å². The Labute approximate surface area is 106 Å². The Morgan fingerprint density at radius 1 is 1.53 bits per heavy atom. The van der Waals surface area contributed by atoms with Crippen LogP contribution in [0.4, 0.5) is 0 Å². The van der Waals surface area contributed by atoms with Gasteiger partial charge in [-0.3, -0.25) is 0 Å². The molecule has 17 heavy (non-hydrogen) atoms. The van der Waals surface area contributed by atoms with E-state index < -0.39 is 0 Å². The molecule has 0 aromatic heterocycles. The van der Waals surface area contributed by atoms with Crippen LogP contribution >= 0.6 is 11.8 Å². The average molecular weight is 248 g/mol. The molecule has 0 radical (unpaired) electrons. The zero-order valence-electron chi connectivity index (χ0n) is 9.85. The number of thioether (sulfide) groups is 1. The predicted molar refractivity (Wildman–Crippen MR) is 69.2 cm³/mol. The minimum atomic E-state index is 0.180. The summed E-state index contributed by atoms with van der Waals surface area (Å²) in [7, 11) is 0. The maximum absolute atomic E-state index is 9.21. The van der Waals surface area contributed by atoms with Gasteiger partial charge in [-0.15, -0.1) is 11.8 Å². The van der Waals surface area contributed by atoms with Crippen LogP contribution in [-0.4, -0.2) is 17.9 Å². The lowest BCUT2D eigenvalue weighted by Gasteiger charge is -2.32. The van der Waals surface area contributed by atoms with Crippen molar-refractivity contribution in [3.05, 3.63) is 23.8 Å². The Balaban J connectivity index is 2.15. The van der Waals surface area contributed by atoms with Gasteiger partial charge in [-0.2, -0.15) is 5.26 Å². The summed E-state index contributed by atoms with van der Waals surface area (Å²) in [6.45, 7) is 2.07. The Morgan fingerprint density at radius 3 is 2.88 bits per heavy atom. The van der Waals surface area contributed by atoms with E-state index in [4.69, 9.17) is 10.5 Å². The number of nitrogens with zero attached hydrogens (tertiary/aromatic N) is 1. The van der Waals surface area contributed by atoms with E-state index in [1.165, 1.54) is 0 Å². The van der Waals surface area contributed by atoms with E-state index in [2.05, 4.69) is 13.0 Å². The average Bonchev–Trinajstić information content (AvgIpc) is 2.28. The molecule has 1 aromatic carbocycles. The molecule has 0 spiro atoms. The summed E-state index contributed by atoms with van der Waals surface area (Å²) in [5.41, 5.74) is 6.37. The maximum Gasteiger partial charge on any atom is 0.138 e. The maximum atomic E-state index is 9.21. The number of nitriles is 1. The number of hydrogen-bond acceptors (Lipinski definition) is 4. The molecule has 1 aliphatic rings. The molecular formula is C13H16N2OS. The van der Waals surface area contributed by atoms with E-state index in [9.17, 15) is 5.26 Å². The first kappa shape index (κ1) is 12.3. The summed E-state index contributed by atoms with van der Waals surface area (Å²) in [5, 5.41) is 9.21. The molecule has 0 aliphatic heterocycles. The fourth-order valence-corrected chi connectivity index (χ4v) is 2.65. The highest BCUT2D eigenvalue weighted by Crippen LogP contribution is 2.32. The summed E-state index contributed by atoms with van der Waals surface area (Å²) in [5.74, 6) is 1.65. The van der Waals surface area contributed by atoms with Gasteiger partial charge in [0.2, 0.25) is 0 Å². The highest BCUT2D eigenvalue weighted by molar-refractivity contribution is 7.99. The second kappa shape index (κ2) is 5.44. The van der Waals surface area contributed by atoms with Gasteiger partial charge in [-0.1, -0.05) is 13.0 Å². The fraction of sp³-hybridized carbons (Fsp3) is 0.462. The Bertz CT molecular complexity index is 436. The van der Waals surface area contributed by atoms with E-state index in [1.807, 2.05) is 18.2 Å². The van der Waals surface area contributed by atoms with Gasteiger partial charge in [0, 0.05) is 10.9 Å². The minimum absolute atomic E-state index is 0.180. The summed E-state index contributed by atoms with van der Waals surface area (Å²) in [6, 6.07) is 8.26. The van der Waals surface area contributed by atoms with Crippen LogP contribution in [0.15, 0.2) is 23.1 Å². The third-order valence-electron chi connectivity index (χ3n) is 2.82. The monoisotopic (exact) mass is 248 g/mol. The third-order valence-corrected chi connectivity index (χ3v) is 3.76. The highest BCUT2D eigenvalue weighted by atomic mass is 32.2. The number of hydrogen-bond donors (Lipinski definition) is 1. The molecule has 0 bridgehead atoms. The highest BCUT2D eigenvalue weighted by Gasteiger charge is 2.28. The Morgan fingerprint density at radius 2 is 2.29 bits per heavy atom. The molecule has 0 heterocycles. The van der Waals surface area contributed by atoms with E-state index in [0.717, 1.165) is 23.5 Å². The first-order valence-corrected chi connectivity index (χ1v) is 6.81. The zero-order chi connectivity index (χ0) is 12.3. The van der Waals surface area contributed by atoms with Crippen molar-refractivity contribution in [1.82, 2.24) is 0 Å². The Hall–Kier alpha value is -1.18. The van der Waals surface area contributed by atoms with E-state index in [-0.39, 0.29) is 12.1 Å². The summed E-state index contributed by atoms with van der Waals surface area (Å²) in [4.78, 5) is 0.996. The molecule has 90 valence electrons. The van der Waals surface area contributed by atoms with E-state index >= 15 is 0 Å². The molecule has 1 aliphatic carbocycles.